The summed E-state index contributed by atoms with van der Waals surface area (Å²) in [4.78, 5) is 9.90. The zero-order valence-electron chi connectivity index (χ0n) is 13.5. The van der Waals surface area contributed by atoms with Crippen LogP contribution in [0.1, 0.15) is 26.1 Å². The molecule has 3 fully saturated rings. The minimum Gasteiger partial charge on any atom is -0.335 e. The van der Waals surface area contributed by atoms with Crippen LogP contribution in [-0.4, -0.2) is 70.7 Å². The molecule has 0 radical (unpaired) electrons. The average molecular weight is 291 g/mol. The maximum atomic E-state index is 4.60. The van der Waals surface area contributed by atoms with E-state index in [-0.39, 0.29) is 0 Å². The van der Waals surface area contributed by atoms with Crippen LogP contribution in [0.25, 0.3) is 0 Å². The Morgan fingerprint density at radius 3 is 2.71 bits per heavy atom. The Kier molecular flexibility index (Phi) is 4.93. The number of piperazine rings is 3. The highest BCUT2D eigenvalue weighted by Crippen LogP contribution is 2.20. The smallest absolute Gasteiger partial charge is 0.110 e. The number of likely N-dealkylation sites (N-methyl/N-ethyl adjacent to an activating group) is 1. The highest BCUT2D eigenvalue weighted by Gasteiger charge is 2.36. The first kappa shape index (κ1) is 15.0. The number of hydrogen-bond acceptors (Lipinski definition) is 4. The van der Waals surface area contributed by atoms with Gasteiger partial charge in [-0.05, 0) is 13.0 Å². The predicted molar refractivity (Wildman–Crippen MR) is 85.5 cm³/mol. The highest BCUT2D eigenvalue weighted by molar-refractivity contribution is 5.02. The molecule has 5 nitrogen and oxygen atoms in total. The topological polar surface area (TPSA) is 36.3 Å². The van der Waals surface area contributed by atoms with Crippen molar-refractivity contribution in [3.63, 3.8) is 0 Å². The summed E-state index contributed by atoms with van der Waals surface area (Å²) in [6, 6.07) is 1.15. The van der Waals surface area contributed by atoms with Crippen molar-refractivity contribution < 1.29 is 0 Å². The lowest BCUT2D eigenvalue weighted by molar-refractivity contribution is -0.00327. The summed E-state index contributed by atoms with van der Waals surface area (Å²) in [5.74, 6) is 1.24. The van der Waals surface area contributed by atoms with Gasteiger partial charge in [0, 0.05) is 70.2 Å². The average Bonchev–Trinajstić information content (AvgIpc) is 2.95. The Morgan fingerprint density at radius 1 is 1.29 bits per heavy atom. The number of aromatic nitrogens is 2. The van der Waals surface area contributed by atoms with Gasteiger partial charge in [-0.2, -0.15) is 0 Å². The van der Waals surface area contributed by atoms with E-state index in [9.17, 15) is 0 Å². The molecule has 4 heterocycles. The molecule has 0 spiro atoms. The van der Waals surface area contributed by atoms with Crippen LogP contribution in [0.3, 0.4) is 0 Å². The van der Waals surface area contributed by atoms with Crippen molar-refractivity contribution in [2.24, 2.45) is 0 Å². The molecule has 3 aliphatic rings. The third kappa shape index (κ3) is 3.30. The number of imidazole rings is 1. The Labute approximate surface area is 128 Å². The molecule has 0 aliphatic carbocycles. The Hall–Kier alpha value is -0.910. The summed E-state index contributed by atoms with van der Waals surface area (Å²) in [5.41, 5.74) is 0. The van der Waals surface area contributed by atoms with E-state index < -0.39 is 0 Å². The second kappa shape index (κ2) is 6.90. The van der Waals surface area contributed by atoms with Gasteiger partial charge in [0.05, 0.1) is 0 Å². The van der Waals surface area contributed by atoms with E-state index in [4.69, 9.17) is 0 Å². The van der Waals surface area contributed by atoms with E-state index in [1.807, 2.05) is 6.20 Å². The van der Waals surface area contributed by atoms with Crippen molar-refractivity contribution in [2.45, 2.75) is 45.3 Å². The lowest BCUT2D eigenvalue weighted by atomic mass is 9.97. The molecule has 5 heteroatoms. The zero-order chi connectivity index (χ0) is 14.7. The lowest BCUT2D eigenvalue weighted by Gasteiger charge is -2.50. The van der Waals surface area contributed by atoms with Crippen LogP contribution in [0.4, 0.5) is 0 Å². The van der Waals surface area contributed by atoms with Crippen LogP contribution < -0.4 is 5.32 Å². The first-order valence-electron chi connectivity index (χ1n) is 8.51. The van der Waals surface area contributed by atoms with Gasteiger partial charge in [0.15, 0.2) is 0 Å². The van der Waals surface area contributed by atoms with Crippen LogP contribution >= 0.6 is 0 Å². The van der Waals surface area contributed by atoms with Crippen molar-refractivity contribution in [1.82, 2.24) is 24.7 Å². The second-order valence-electron chi connectivity index (χ2n) is 6.31. The van der Waals surface area contributed by atoms with Crippen molar-refractivity contribution in [1.29, 1.82) is 0 Å². The van der Waals surface area contributed by atoms with Crippen LogP contribution in [-0.2, 0) is 13.0 Å². The third-order valence-corrected chi connectivity index (χ3v) is 4.92. The molecule has 4 rings (SSSR count). The maximum absolute atomic E-state index is 4.60. The molecule has 0 aromatic carbocycles. The van der Waals surface area contributed by atoms with Gasteiger partial charge in [0.2, 0.25) is 0 Å². The summed E-state index contributed by atoms with van der Waals surface area (Å²) >= 11 is 0. The van der Waals surface area contributed by atoms with Crippen molar-refractivity contribution in [2.75, 3.05) is 39.3 Å². The number of fused-ring (bicyclic) bond motifs is 3. The first-order chi connectivity index (χ1) is 10.3. The molecule has 2 bridgehead atoms. The molecule has 1 aromatic heterocycles. The summed E-state index contributed by atoms with van der Waals surface area (Å²) < 4.78 is 2.32. The van der Waals surface area contributed by atoms with Gasteiger partial charge in [-0.25, -0.2) is 4.98 Å². The van der Waals surface area contributed by atoms with Crippen LogP contribution in [0.5, 0.6) is 0 Å². The minimum absolute atomic E-state index is 0.510. The molecule has 3 aliphatic heterocycles. The van der Waals surface area contributed by atoms with Gasteiger partial charge < -0.3 is 9.88 Å². The molecule has 3 saturated heterocycles. The minimum atomic E-state index is 0.510. The second-order valence-corrected chi connectivity index (χ2v) is 6.31. The molecule has 2 unspecified atom stereocenters. The molecule has 0 saturated carbocycles. The van der Waals surface area contributed by atoms with Crippen molar-refractivity contribution >= 4 is 0 Å². The van der Waals surface area contributed by atoms with Crippen molar-refractivity contribution in [3.05, 3.63) is 18.2 Å². The largest absolute Gasteiger partial charge is 0.335 e. The molecule has 1 N–H and O–H groups in total. The molecular formula is C16H29N5. The number of nitrogens with zero attached hydrogens (tertiary/aromatic N) is 4. The van der Waals surface area contributed by atoms with Gasteiger partial charge in [0.25, 0.3) is 0 Å². The fraction of sp³-hybridized carbons (Fsp3) is 0.812. The number of nitrogens with one attached hydrogen (secondary N) is 1. The van der Waals surface area contributed by atoms with E-state index in [1.54, 1.807) is 0 Å². The van der Waals surface area contributed by atoms with Crippen LogP contribution in [0, 0.1) is 0 Å². The van der Waals surface area contributed by atoms with Crippen LogP contribution in [0.15, 0.2) is 12.4 Å². The molecular weight excluding hydrogens is 262 g/mol. The number of aryl methyl sites for hydroxylation is 1. The fourth-order valence-corrected chi connectivity index (χ4v) is 3.82. The molecule has 0 amide bonds. The standard InChI is InChI=1S/C16H29N5/c1-3-6-21-7-5-18-16(21)12-14(17-4-2)15-13-19-8-10-20(15)11-9-19/h5,7,14-15,17H,3-4,6,8-13H2,1-2H3. The normalized spacial score (nSPS) is 29.7. The Bertz CT molecular complexity index is 436. The Morgan fingerprint density at radius 2 is 2.10 bits per heavy atom. The predicted octanol–water partition coefficient (Wildman–Crippen LogP) is 0.814. The summed E-state index contributed by atoms with van der Waals surface area (Å²) in [7, 11) is 0. The van der Waals surface area contributed by atoms with Crippen molar-refractivity contribution in [3.8, 4) is 0 Å². The zero-order valence-corrected chi connectivity index (χ0v) is 13.5. The van der Waals surface area contributed by atoms with Gasteiger partial charge in [-0.3, -0.25) is 9.80 Å². The van der Waals surface area contributed by atoms with E-state index >= 15 is 0 Å². The Balaban J connectivity index is 1.70. The summed E-state index contributed by atoms with van der Waals surface area (Å²) in [6.45, 7) is 12.7. The van der Waals surface area contributed by atoms with Gasteiger partial charge in [-0.1, -0.05) is 13.8 Å². The van der Waals surface area contributed by atoms with E-state index in [2.05, 4.69) is 44.7 Å². The molecule has 21 heavy (non-hydrogen) atoms. The number of hydrogen-bond donors (Lipinski definition) is 1. The summed E-state index contributed by atoms with van der Waals surface area (Å²) in [6.07, 6.45) is 6.28. The maximum Gasteiger partial charge on any atom is 0.110 e. The van der Waals surface area contributed by atoms with Gasteiger partial charge in [0.1, 0.15) is 5.82 Å². The van der Waals surface area contributed by atoms with Gasteiger partial charge in [-0.15, -0.1) is 0 Å². The summed E-state index contributed by atoms with van der Waals surface area (Å²) in [5, 5.41) is 3.72. The van der Waals surface area contributed by atoms with E-state index in [0.29, 0.717) is 12.1 Å². The van der Waals surface area contributed by atoms with Gasteiger partial charge >= 0.3 is 0 Å². The van der Waals surface area contributed by atoms with Crippen LogP contribution in [0.2, 0.25) is 0 Å². The first-order valence-corrected chi connectivity index (χ1v) is 8.51. The van der Waals surface area contributed by atoms with E-state index in [1.165, 1.54) is 45.0 Å². The fourth-order valence-electron chi connectivity index (χ4n) is 3.82. The molecule has 1 aromatic rings. The highest BCUT2D eigenvalue weighted by atomic mass is 15.4. The molecule has 2 atom stereocenters. The SMILES string of the molecule is CCCn1ccnc1CC(NCC)C1CN2CCN1CC2. The lowest BCUT2D eigenvalue weighted by Crippen LogP contribution is -2.66. The molecule has 118 valence electrons. The monoisotopic (exact) mass is 291 g/mol. The quantitative estimate of drug-likeness (QED) is 0.807. The van der Waals surface area contributed by atoms with E-state index in [0.717, 1.165) is 19.5 Å². The third-order valence-electron chi connectivity index (χ3n) is 4.92. The number of rotatable bonds is 7.